The Labute approximate surface area is 215 Å². The van der Waals surface area contributed by atoms with E-state index in [1.165, 1.54) is 12.3 Å². The molecule has 0 amide bonds. The molecule has 3 heterocycles. The number of allylic oxidation sites excluding steroid dienone is 1. The van der Waals surface area contributed by atoms with Gasteiger partial charge < -0.3 is 36.1 Å². The summed E-state index contributed by atoms with van der Waals surface area (Å²) in [5.74, 6) is -0.784. The van der Waals surface area contributed by atoms with E-state index in [0.29, 0.717) is 50.3 Å². The Morgan fingerprint density at radius 1 is 1.30 bits per heavy atom. The van der Waals surface area contributed by atoms with Crippen molar-refractivity contribution in [2.75, 3.05) is 44.3 Å². The van der Waals surface area contributed by atoms with Gasteiger partial charge in [-0.1, -0.05) is 0 Å². The van der Waals surface area contributed by atoms with Gasteiger partial charge in [-0.25, -0.2) is 8.78 Å². The van der Waals surface area contributed by atoms with E-state index in [2.05, 4.69) is 16.0 Å². The Morgan fingerprint density at radius 3 is 2.78 bits per heavy atom. The van der Waals surface area contributed by atoms with Crippen LogP contribution in [-0.2, 0) is 16.0 Å². The molecule has 3 aliphatic heterocycles. The van der Waals surface area contributed by atoms with E-state index in [0.717, 1.165) is 55.3 Å². The Balaban J connectivity index is 1.67. The number of anilines is 1. The highest BCUT2D eigenvalue weighted by molar-refractivity contribution is 6.11. The maximum absolute atomic E-state index is 14.2. The second kappa shape index (κ2) is 12.3. The number of nitrogens with zero attached hydrogens (tertiary/aromatic N) is 1. The van der Waals surface area contributed by atoms with Crippen molar-refractivity contribution in [3.05, 3.63) is 46.3 Å². The van der Waals surface area contributed by atoms with Crippen molar-refractivity contribution >= 4 is 29.3 Å². The second-order valence-electron chi connectivity index (χ2n) is 9.41. The fourth-order valence-electron chi connectivity index (χ4n) is 5.08. The summed E-state index contributed by atoms with van der Waals surface area (Å²) in [5, 5.41) is 35.2. The number of rotatable bonds is 9. The van der Waals surface area contributed by atoms with Crippen molar-refractivity contribution < 1.29 is 23.4 Å². The van der Waals surface area contributed by atoms with Gasteiger partial charge in [0, 0.05) is 85.8 Å². The van der Waals surface area contributed by atoms with Crippen molar-refractivity contribution in [3.63, 3.8) is 0 Å². The van der Waals surface area contributed by atoms with Crippen LogP contribution < -0.4 is 20.9 Å². The number of benzene rings is 1. The quantitative estimate of drug-likeness (QED) is 0.220. The van der Waals surface area contributed by atoms with Crippen LogP contribution in [0.3, 0.4) is 0 Å². The van der Waals surface area contributed by atoms with E-state index >= 15 is 0 Å². The zero-order valence-corrected chi connectivity index (χ0v) is 20.7. The number of halogens is 2. The molecule has 0 atom stereocenters. The van der Waals surface area contributed by atoms with Crippen LogP contribution in [0, 0.1) is 10.8 Å². The molecule has 0 unspecified atom stereocenters. The fraction of sp³-hybridized carbons (Fsp3) is 0.500. The van der Waals surface area contributed by atoms with Crippen LogP contribution in [0.25, 0.3) is 5.57 Å². The molecular weight excluding hydrogens is 482 g/mol. The number of aliphatic carboxylic acids is 1. The highest BCUT2D eigenvalue weighted by Gasteiger charge is 2.29. The fourth-order valence-corrected chi connectivity index (χ4v) is 5.08. The van der Waals surface area contributed by atoms with Crippen LogP contribution in [0.15, 0.2) is 29.6 Å². The maximum atomic E-state index is 14.2. The lowest BCUT2D eigenvalue weighted by atomic mass is 9.91. The van der Waals surface area contributed by atoms with Gasteiger partial charge in [-0.3, -0.25) is 10.2 Å². The number of hydrogen-bond donors (Lipinski definition) is 6. The molecule has 37 heavy (non-hydrogen) atoms. The maximum Gasteiger partial charge on any atom is 0.322 e. The summed E-state index contributed by atoms with van der Waals surface area (Å²) in [6, 6.07) is 3.39. The van der Waals surface area contributed by atoms with Gasteiger partial charge in [0.05, 0.1) is 0 Å². The van der Waals surface area contributed by atoms with E-state index in [1.54, 1.807) is 6.07 Å². The molecule has 1 aromatic carbocycles. The predicted molar refractivity (Wildman–Crippen MR) is 139 cm³/mol. The predicted octanol–water partition coefficient (Wildman–Crippen LogP) is 3.03. The number of amidine groups is 1. The third-order valence-electron chi connectivity index (χ3n) is 6.96. The smallest absolute Gasteiger partial charge is 0.322 e. The highest BCUT2D eigenvalue weighted by Crippen LogP contribution is 2.37. The SMILES string of the molecule is N=C/C(=C\NCC(=O)O)c1cc2c(cc1C(F)F)N(C(=N)C1=C(NC3CCOCC3)CCNC1)CCC2. The van der Waals surface area contributed by atoms with Gasteiger partial charge in [0.25, 0.3) is 6.43 Å². The molecule has 0 aromatic heterocycles. The topological polar surface area (TPSA) is 134 Å². The average Bonchev–Trinajstić information content (AvgIpc) is 2.90. The summed E-state index contributed by atoms with van der Waals surface area (Å²) in [6.45, 7) is 2.94. The van der Waals surface area contributed by atoms with Gasteiger partial charge in [-0.05, 0) is 48.9 Å². The van der Waals surface area contributed by atoms with E-state index in [-0.39, 0.29) is 23.2 Å². The van der Waals surface area contributed by atoms with Gasteiger partial charge in [0.2, 0.25) is 0 Å². The van der Waals surface area contributed by atoms with Crippen LogP contribution in [0.2, 0.25) is 0 Å². The van der Waals surface area contributed by atoms with Crippen molar-refractivity contribution in [2.45, 2.75) is 44.6 Å². The van der Waals surface area contributed by atoms with Crippen molar-refractivity contribution in [1.29, 1.82) is 10.8 Å². The lowest BCUT2D eigenvalue weighted by Gasteiger charge is -2.36. The molecule has 0 saturated carbocycles. The third-order valence-corrected chi connectivity index (χ3v) is 6.96. The monoisotopic (exact) mass is 516 g/mol. The molecule has 1 aromatic rings. The van der Waals surface area contributed by atoms with Gasteiger partial charge in [-0.2, -0.15) is 0 Å². The number of carbonyl (C=O) groups is 1. The summed E-state index contributed by atoms with van der Waals surface area (Å²) >= 11 is 0. The molecule has 1 fully saturated rings. The lowest BCUT2D eigenvalue weighted by Crippen LogP contribution is -2.44. The van der Waals surface area contributed by atoms with Crippen molar-refractivity contribution in [2.24, 2.45) is 0 Å². The van der Waals surface area contributed by atoms with E-state index in [1.807, 2.05) is 4.90 Å². The Morgan fingerprint density at radius 2 is 2.08 bits per heavy atom. The molecule has 200 valence electrons. The number of alkyl halides is 2. The lowest BCUT2D eigenvalue weighted by molar-refractivity contribution is -0.135. The second-order valence-corrected chi connectivity index (χ2v) is 9.41. The molecule has 6 N–H and O–H groups in total. The zero-order valence-electron chi connectivity index (χ0n) is 20.7. The van der Waals surface area contributed by atoms with E-state index in [9.17, 15) is 13.6 Å². The first-order chi connectivity index (χ1) is 17.9. The first kappa shape index (κ1) is 26.7. The largest absolute Gasteiger partial charge is 0.480 e. The van der Waals surface area contributed by atoms with Gasteiger partial charge in [0.1, 0.15) is 12.4 Å². The Bertz CT molecular complexity index is 1100. The molecule has 0 radical (unpaired) electrons. The van der Waals surface area contributed by atoms with Crippen LogP contribution in [0.5, 0.6) is 0 Å². The summed E-state index contributed by atoms with van der Waals surface area (Å²) < 4.78 is 33.9. The average molecular weight is 517 g/mol. The molecule has 3 aliphatic rings. The van der Waals surface area contributed by atoms with Crippen LogP contribution in [0.4, 0.5) is 14.5 Å². The molecule has 1 saturated heterocycles. The summed E-state index contributed by atoms with van der Waals surface area (Å²) in [4.78, 5) is 12.6. The third kappa shape index (κ3) is 6.34. The molecule has 11 heteroatoms. The molecule has 0 aliphatic carbocycles. The normalized spacial score (nSPS) is 19.0. The zero-order chi connectivity index (χ0) is 26.4. The number of carboxylic acid groups (broad SMARTS) is 1. The number of hydrogen-bond acceptors (Lipinski definition) is 7. The highest BCUT2D eigenvalue weighted by atomic mass is 19.3. The summed E-state index contributed by atoms with van der Waals surface area (Å²) in [6.07, 6.45) is 3.43. The molecule has 4 rings (SSSR count). The van der Waals surface area contributed by atoms with Gasteiger partial charge in [0.15, 0.2) is 0 Å². The van der Waals surface area contributed by atoms with Crippen molar-refractivity contribution in [1.82, 2.24) is 16.0 Å². The number of aryl methyl sites for hydroxylation is 1. The minimum absolute atomic E-state index is 0.175. The van der Waals surface area contributed by atoms with Crippen LogP contribution in [-0.4, -0.2) is 68.6 Å². The number of fused-ring (bicyclic) bond motifs is 1. The molecule has 0 bridgehead atoms. The number of ether oxygens (including phenoxy) is 1. The molecule has 9 nitrogen and oxygen atoms in total. The van der Waals surface area contributed by atoms with Crippen molar-refractivity contribution in [3.8, 4) is 0 Å². The minimum Gasteiger partial charge on any atom is -0.480 e. The Hall–Kier alpha value is -3.31. The van der Waals surface area contributed by atoms with Gasteiger partial charge in [-0.15, -0.1) is 0 Å². The first-order valence-corrected chi connectivity index (χ1v) is 12.6. The minimum atomic E-state index is -2.80. The number of carboxylic acids is 1. The number of nitrogens with one attached hydrogen (secondary N) is 5. The Kier molecular flexibility index (Phi) is 8.88. The van der Waals surface area contributed by atoms with E-state index < -0.39 is 12.4 Å². The first-order valence-electron chi connectivity index (χ1n) is 12.6. The molecular formula is C26H34F2N6O3. The van der Waals surface area contributed by atoms with Gasteiger partial charge >= 0.3 is 5.97 Å². The van der Waals surface area contributed by atoms with Crippen LogP contribution >= 0.6 is 0 Å². The van der Waals surface area contributed by atoms with E-state index in [4.69, 9.17) is 20.7 Å². The summed E-state index contributed by atoms with van der Waals surface area (Å²) in [5.41, 5.74) is 3.41. The summed E-state index contributed by atoms with van der Waals surface area (Å²) in [7, 11) is 0. The molecule has 0 spiro atoms. The van der Waals surface area contributed by atoms with Crippen LogP contribution in [0.1, 0.15) is 48.8 Å². The standard InChI is InChI=1S/C26H34F2N6O3/c27-25(28)20-11-23-16(10-19(20)17(12-29)13-32-15-24(35)36)2-1-7-34(23)26(30)21-14-31-6-3-22(21)33-18-4-8-37-9-5-18/h10-13,18,25,29-33H,1-9,14-15H2,(H,35,36)/b17-13+,29-12?,30-26?.